The lowest BCUT2D eigenvalue weighted by atomic mass is 10.0. The summed E-state index contributed by atoms with van der Waals surface area (Å²) in [5.41, 5.74) is 0.456. The maximum absolute atomic E-state index is 13.2. The number of halogens is 3. The number of guanidine groups is 1. The maximum atomic E-state index is 13.2. The van der Waals surface area contributed by atoms with Crippen molar-refractivity contribution < 1.29 is 22.8 Å². The molecule has 0 radical (unpaired) electrons. The minimum atomic E-state index is -4.67. The molecule has 1 N–H and O–H groups in total. The second-order valence-electron chi connectivity index (χ2n) is 7.29. The van der Waals surface area contributed by atoms with Crippen LogP contribution in [0.3, 0.4) is 0 Å². The Morgan fingerprint density at radius 1 is 1.12 bits per heavy atom. The molecule has 0 spiro atoms. The average Bonchev–Trinajstić information content (AvgIpc) is 2.82. The Balaban J connectivity index is 1.49. The topological polar surface area (TPSA) is 97.9 Å². The molecule has 2 aliphatic rings. The van der Waals surface area contributed by atoms with Gasteiger partial charge in [-0.15, -0.1) is 0 Å². The third kappa shape index (κ3) is 4.67. The van der Waals surface area contributed by atoms with Crippen molar-refractivity contribution in [3.63, 3.8) is 0 Å². The molecule has 2 amide bonds. The van der Waals surface area contributed by atoms with Crippen molar-refractivity contribution in [1.29, 1.82) is 5.26 Å². The van der Waals surface area contributed by atoms with Crippen LogP contribution < -0.4 is 5.32 Å². The highest BCUT2D eigenvalue weighted by molar-refractivity contribution is 6.15. The number of alkyl halides is 3. The number of hydrogen-bond donors (Lipinski definition) is 1. The maximum Gasteiger partial charge on any atom is 0.417 e. The molecule has 0 aliphatic carbocycles. The standard InChI is InChI=1S/C23H16F3N5O2/c24-23(25,26)18-7-2-1-6-17(18)20(32)30-22-28-12-16-13-31(9-8-19(16)29-22)21(33)15-5-3-4-14(10-15)11-27/h1-7,10,13H,8-9,12H2,(H,28,30,32). The van der Waals surface area contributed by atoms with E-state index < -0.39 is 23.2 Å². The second kappa shape index (κ2) is 8.70. The van der Waals surface area contributed by atoms with E-state index in [0.29, 0.717) is 35.4 Å². The lowest BCUT2D eigenvalue weighted by Crippen LogP contribution is -2.38. The fourth-order valence-electron chi connectivity index (χ4n) is 3.51. The third-order valence-corrected chi connectivity index (χ3v) is 5.11. The monoisotopic (exact) mass is 451 g/mol. The number of carbonyl (C=O) groups excluding carboxylic acids is 2. The van der Waals surface area contributed by atoms with E-state index in [2.05, 4.69) is 15.3 Å². The van der Waals surface area contributed by atoms with Crippen molar-refractivity contribution in [2.24, 2.45) is 9.98 Å². The summed E-state index contributed by atoms with van der Waals surface area (Å²) >= 11 is 0. The molecule has 4 rings (SSSR count). The van der Waals surface area contributed by atoms with Gasteiger partial charge in [0.2, 0.25) is 5.96 Å². The first-order valence-electron chi connectivity index (χ1n) is 9.88. The van der Waals surface area contributed by atoms with Gasteiger partial charge >= 0.3 is 6.18 Å². The number of benzene rings is 2. The van der Waals surface area contributed by atoms with E-state index in [-0.39, 0.29) is 18.4 Å². The minimum Gasteiger partial charge on any atom is -0.314 e. The van der Waals surface area contributed by atoms with Crippen molar-refractivity contribution in [3.8, 4) is 6.07 Å². The molecule has 33 heavy (non-hydrogen) atoms. The molecular weight excluding hydrogens is 435 g/mol. The lowest BCUT2D eigenvalue weighted by Gasteiger charge is -2.27. The van der Waals surface area contributed by atoms with E-state index in [9.17, 15) is 22.8 Å². The summed E-state index contributed by atoms with van der Waals surface area (Å²) in [5, 5.41) is 11.4. The SMILES string of the molecule is N#Cc1cccc(C(=O)N2C=C3CN=C(NC(=O)c4ccccc4C(F)(F)F)N=C3CC2)c1. The molecule has 2 aromatic rings. The molecule has 2 aliphatic heterocycles. The molecule has 0 bridgehead atoms. The molecule has 0 saturated heterocycles. The highest BCUT2D eigenvalue weighted by Crippen LogP contribution is 2.31. The Bertz CT molecular complexity index is 1270. The molecule has 7 nitrogen and oxygen atoms in total. The van der Waals surface area contributed by atoms with Crippen LogP contribution in [0.5, 0.6) is 0 Å². The van der Waals surface area contributed by atoms with Gasteiger partial charge in [0.15, 0.2) is 0 Å². The fourth-order valence-corrected chi connectivity index (χ4v) is 3.51. The molecular formula is C23H16F3N5O2. The van der Waals surface area contributed by atoms with Crippen LogP contribution in [0.25, 0.3) is 0 Å². The van der Waals surface area contributed by atoms with Gasteiger partial charge in [0.05, 0.1) is 35.0 Å². The van der Waals surface area contributed by atoms with Crippen molar-refractivity contribution in [2.75, 3.05) is 13.1 Å². The Morgan fingerprint density at radius 2 is 1.91 bits per heavy atom. The van der Waals surface area contributed by atoms with E-state index in [1.807, 2.05) is 6.07 Å². The first-order chi connectivity index (χ1) is 15.8. The summed E-state index contributed by atoms with van der Waals surface area (Å²) < 4.78 is 39.5. The summed E-state index contributed by atoms with van der Waals surface area (Å²) in [6.07, 6.45) is -2.68. The normalized spacial score (nSPS) is 15.5. The Morgan fingerprint density at radius 3 is 2.67 bits per heavy atom. The zero-order valence-electron chi connectivity index (χ0n) is 17.1. The van der Waals surface area contributed by atoms with Crippen LogP contribution in [0.4, 0.5) is 13.2 Å². The average molecular weight is 451 g/mol. The van der Waals surface area contributed by atoms with Gasteiger partial charge in [0.25, 0.3) is 11.8 Å². The number of nitriles is 1. The van der Waals surface area contributed by atoms with Crippen LogP contribution in [0, 0.1) is 11.3 Å². The summed E-state index contributed by atoms with van der Waals surface area (Å²) in [6, 6.07) is 12.8. The predicted octanol–water partition coefficient (Wildman–Crippen LogP) is 3.55. The third-order valence-electron chi connectivity index (χ3n) is 5.11. The van der Waals surface area contributed by atoms with Crippen LogP contribution in [0.15, 0.2) is 70.3 Å². The van der Waals surface area contributed by atoms with E-state index >= 15 is 0 Å². The van der Waals surface area contributed by atoms with Crippen molar-refractivity contribution in [3.05, 3.63) is 82.6 Å². The number of aliphatic imine (C=N–C) groups is 2. The highest BCUT2D eigenvalue weighted by Gasteiger charge is 2.35. The van der Waals surface area contributed by atoms with Crippen molar-refractivity contribution in [1.82, 2.24) is 10.2 Å². The van der Waals surface area contributed by atoms with Gasteiger partial charge in [-0.1, -0.05) is 18.2 Å². The molecule has 2 aromatic carbocycles. The van der Waals surface area contributed by atoms with Gasteiger partial charge in [0, 0.05) is 30.3 Å². The van der Waals surface area contributed by atoms with Gasteiger partial charge in [0.1, 0.15) is 0 Å². The molecule has 166 valence electrons. The molecule has 0 saturated carbocycles. The number of nitrogens with one attached hydrogen (secondary N) is 1. The van der Waals surface area contributed by atoms with E-state index in [4.69, 9.17) is 5.26 Å². The van der Waals surface area contributed by atoms with Gasteiger partial charge in [-0.3, -0.25) is 14.9 Å². The second-order valence-corrected chi connectivity index (χ2v) is 7.29. The van der Waals surface area contributed by atoms with Crippen LogP contribution in [0.1, 0.15) is 38.3 Å². The fraction of sp³-hybridized carbons (Fsp3) is 0.174. The summed E-state index contributed by atoms with van der Waals surface area (Å²) in [6.45, 7) is 0.424. The predicted molar refractivity (Wildman–Crippen MR) is 114 cm³/mol. The van der Waals surface area contributed by atoms with E-state index in [1.165, 1.54) is 23.1 Å². The molecule has 0 atom stereocenters. The lowest BCUT2D eigenvalue weighted by molar-refractivity contribution is -0.137. The Labute approximate surface area is 186 Å². The number of fused-ring (bicyclic) bond motifs is 1. The van der Waals surface area contributed by atoms with Crippen molar-refractivity contribution >= 4 is 23.5 Å². The number of hydrogen-bond acceptors (Lipinski definition) is 5. The summed E-state index contributed by atoms with van der Waals surface area (Å²) in [5.74, 6) is -1.31. The molecule has 10 heteroatoms. The number of rotatable bonds is 2. The van der Waals surface area contributed by atoms with Crippen LogP contribution in [-0.4, -0.2) is 41.5 Å². The van der Waals surface area contributed by atoms with Gasteiger partial charge in [-0.05, 0) is 30.3 Å². The van der Waals surface area contributed by atoms with Gasteiger partial charge < -0.3 is 4.90 Å². The molecule has 0 unspecified atom stereocenters. The largest absolute Gasteiger partial charge is 0.417 e. The van der Waals surface area contributed by atoms with Gasteiger partial charge in [-0.2, -0.15) is 18.4 Å². The molecule has 2 heterocycles. The smallest absolute Gasteiger partial charge is 0.314 e. The summed E-state index contributed by atoms with van der Waals surface area (Å²) in [4.78, 5) is 35.1. The van der Waals surface area contributed by atoms with Crippen LogP contribution in [0.2, 0.25) is 0 Å². The zero-order chi connectivity index (χ0) is 23.6. The zero-order valence-corrected chi connectivity index (χ0v) is 17.1. The van der Waals surface area contributed by atoms with E-state index in [0.717, 1.165) is 12.1 Å². The van der Waals surface area contributed by atoms with Crippen molar-refractivity contribution in [2.45, 2.75) is 12.6 Å². The number of nitrogens with zero attached hydrogens (tertiary/aromatic N) is 4. The molecule has 0 fully saturated rings. The first-order valence-corrected chi connectivity index (χ1v) is 9.88. The Kier molecular flexibility index (Phi) is 5.79. The van der Waals surface area contributed by atoms with E-state index in [1.54, 1.807) is 24.4 Å². The highest BCUT2D eigenvalue weighted by atomic mass is 19.4. The number of amides is 2. The number of carbonyl (C=O) groups is 2. The summed E-state index contributed by atoms with van der Waals surface area (Å²) in [7, 11) is 0. The quantitative estimate of drug-likeness (QED) is 0.756. The Hall–Kier alpha value is -4.26. The minimum absolute atomic E-state index is 0.0781. The first kappa shape index (κ1) is 22.0. The van der Waals surface area contributed by atoms with Gasteiger partial charge in [-0.25, -0.2) is 9.98 Å². The van der Waals surface area contributed by atoms with Crippen LogP contribution in [-0.2, 0) is 6.18 Å². The molecule has 0 aromatic heterocycles. The van der Waals surface area contributed by atoms with Crippen LogP contribution >= 0.6 is 0 Å².